The minimum absolute atomic E-state index is 0.0751. The summed E-state index contributed by atoms with van der Waals surface area (Å²) in [5.74, 6) is 0. The Bertz CT molecular complexity index is 627. The number of fused-ring (bicyclic) bond motifs is 1. The average Bonchev–Trinajstić information content (AvgIpc) is 2.38. The van der Waals surface area contributed by atoms with Gasteiger partial charge in [-0.05, 0) is 52.9 Å². The van der Waals surface area contributed by atoms with Crippen molar-refractivity contribution in [2.45, 2.75) is 44.8 Å². The molecule has 0 fully saturated rings. The van der Waals surface area contributed by atoms with Gasteiger partial charge in [-0.1, -0.05) is 50.2 Å². The number of rotatable bonds is 5. The Morgan fingerprint density at radius 2 is 1.48 bits per heavy atom. The monoisotopic (exact) mass is 302 g/mol. The van der Waals surface area contributed by atoms with E-state index in [1.165, 1.54) is 21.9 Å². The van der Waals surface area contributed by atoms with E-state index in [1.54, 1.807) is 0 Å². The molecule has 2 rings (SSSR count). The summed E-state index contributed by atoms with van der Waals surface area (Å²) < 4.78 is 0. The van der Waals surface area contributed by atoms with E-state index in [9.17, 15) is 9.90 Å². The molecule has 0 heterocycles. The molecule has 2 aromatic carbocycles. The van der Waals surface area contributed by atoms with E-state index >= 15 is 0 Å². The molecule has 0 saturated carbocycles. The van der Waals surface area contributed by atoms with Crippen molar-refractivity contribution in [2.75, 3.05) is 6.61 Å². The molecular weight excluding hydrogens is 276 g/mol. The van der Waals surface area contributed by atoms with E-state index in [0.717, 1.165) is 6.42 Å². The van der Waals surface area contributed by atoms with Gasteiger partial charge in [0.2, 0.25) is 0 Å². The quantitative estimate of drug-likeness (QED) is 0.823. The van der Waals surface area contributed by atoms with Crippen molar-refractivity contribution in [3.05, 3.63) is 47.5 Å². The smallest absolute Gasteiger partial charge is 0.188 e. The van der Waals surface area contributed by atoms with Gasteiger partial charge in [0.15, 0.2) is 8.32 Å². The Hall–Kier alpha value is -1.16. The maximum absolute atomic E-state index is 10.5. The van der Waals surface area contributed by atoms with Gasteiger partial charge in [-0.15, -0.1) is 0 Å². The number of hydrogen-bond donors (Lipinski definition) is 2. The highest BCUT2D eigenvalue weighted by atomic mass is 28.4. The van der Waals surface area contributed by atoms with Crippen LogP contribution in [0.3, 0.4) is 0 Å². The van der Waals surface area contributed by atoms with Gasteiger partial charge in [0.1, 0.15) is 0 Å². The zero-order valence-corrected chi connectivity index (χ0v) is 14.5. The van der Waals surface area contributed by atoms with Crippen LogP contribution in [-0.4, -0.2) is 24.8 Å². The molecule has 3 heteroatoms. The molecule has 2 nitrogen and oxygen atoms in total. The molecule has 0 amide bonds. The summed E-state index contributed by atoms with van der Waals surface area (Å²) in [6, 6.07) is 12.7. The zero-order valence-electron chi connectivity index (χ0n) is 13.5. The van der Waals surface area contributed by atoms with Crippen molar-refractivity contribution in [1.29, 1.82) is 0 Å². The molecule has 2 aromatic rings. The molecule has 0 bridgehead atoms. The van der Waals surface area contributed by atoms with Crippen LogP contribution >= 0.6 is 0 Å². The predicted octanol–water partition coefficient (Wildman–Crippen LogP) is 3.89. The fourth-order valence-corrected chi connectivity index (χ4v) is 3.25. The van der Waals surface area contributed by atoms with Crippen molar-refractivity contribution >= 4 is 19.1 Å². The van der Waals surface area contributed by atoms with Gasteiger partial charge in [-0.2, -0.15) is 0 Å². The first kappa shape index (κ1) is 16.2. The topological polar surface area (TPSA) is 40.5 Å². The van der Waals surface area contributed by atoms with Gasteiger partial charge >= 0.3 is 0 Å². The van der Waals surface area contributed by atoms with Crippen LogP contribution < -0.4 is 0 Å². The van der Waals surface area contributed by atoms with Crippen molar-refractivity contribution in [1.82, 2.24) is 0 Å². The van der Waals surface area contributed by atoms with Crippen LogP contribution in [0.1, 0.15) is 25.0 Å². The lowest BCUT2D eigenvalue weighted by Gasteiger charge is -2.35. The number of aliphatic hydroxyl groups excluding tert-OH is 1. The Kier molecular flexibility index (Phi) is 4.56. The summed E-state index contributed by atoms with van der Waals surface area (Å²) >= 11 is 0. The second-order valence-electron chi connectivity index (χ2n) is 7.02. The highest BCUT2D eigenvalue weighted by Gasteiger charge is 2.38. The third-order valence-electron chi connectivity index (χ3n) is 4.77. The molecule has 0 aliphatic carbocycles. The third-order valence-corrected chi connectivity index (χ3v) is 8.26. The minimum Gasteiger partial charge on any atom is -0.432 e. The maximum atomic E-state index is 10.5. The van der Waals surface area contributed by atoms with E-state index in [-0.39, 0.29) is 11.6 Å². The SMILES string of the molecule is CC(C)(Cc1cccc2c(CCO)cccc12)[Si](C)(C)O. The van der Waals surface area contributed by atoms with Gasteiger partial charge in [0.05, 0.1) is 0 Å². The summed E-state index contributed by atoms with van der Waals surface area (Å²) in [5, 5.41) is 11.6. The Labute approximate surface area is 128 Å². The molecule has 0 radical (unpaired) electrons. The molecule has 0 aliphatic heterocycles. The Morgan fingerprint density at radius 3 is 2.00 bits per heavy atom. The van der Waals surface area contributed by atoms with Crippen LogP contribution in [0.15, 0.2) is 36.4 Å². The van der Waals surface area contributed by atoms with Crippen LogP contribution in [0.4, 0.5) is 0 Å². The van der Waals surface area contributed by atoms with Gasteiger partial charge in [-0.25, -0.2) is 0 Å². The summed E-state index contributed by atoms with van der Waals surface area (Å²) in [6.45, 7) is 8.52. The molecule has 114 valence electrons. The number of aliphatic hydroxyl groups is 1. The highest BCUT2D eigenvalue weighted by molar-refractivity contribution is 6.72. The maximum Gasteiger partial charge on any atom is 0.188 e. The van der Waals surface area contributed by atoms with Crippen LogP contribution in [0.2, 0.25) is 18.1 Å². The second kappa shape index (κ2) is 5.91. The highest BCUT2D eigenvalue weighted by Crippen LogP contribution is 2.40. The largest absolute Gasteiger partial charge is 0.432 e. The molecular formula is C18H26O2Si. The first-order valence-electron chi connectivity index (χ1n) is 7.59. The van der Waals surface area contributed by atoms with Crippen molar-refractivity contribution < 1.29 is 9.90 Å². The van der Waals surface area contributed by atoms with Crippen LogP contribution in [0.5, 0.6) is 0 Å². The van der Waals surface area contributed by atoms with Crippen molar-refractivity contribution in [2.24, 2.45) is 0 Å². The van der Waals surface area contributed by atoms with Crippen LogP contribution in [0, 0.1) is 0 Å². The van der Waals surface area contributed by atoms with E-state index < -0.39 is 8.32 Å². The van der Waals surface area contributed by atoms with Gasteiger partial charge in [0.25, 0.3) is 0 Å². The summed E-state index contributed by atoms with van der Waals surface area (Å²) in [4.78, 5) is 10.5. The zero-order chi connectivity index (χ0) is 15.7. The van der Waals surface area contributed by atoms with Gasteiger partial charge < -0.3 is 9.90 Å². The minimum atomic E-state index is -2.22. The van der Waals surface area contributed by atoms with Gasteiger partial charge in [0, 0.05) is 6.61 Å². The standard InChI is InChI=1S/C18H26O2Si/c1-18(2,21(3,4)20)13-15-8-6-9-16-14(11-12-19)7-5-10-17(15)16/h5-10,19-20H,11-13H2,1-4H3. The fourth-order valence-electron chi connectivity index (χ4n) is 2.63. The summed E-state index contributed by atoms with van der Waals surface area (Å²) in [6.07, 6.45) is 1.56. The number of hydrogen-bond acceptors (Lipinski definition) is 2. The van der Waals surface area contributed by atoms with Crippen molar-refractivity contribution in [3.8, 4) is 0 Å². The number of benzene rings is 2. The normalized spacial score (nSPS) is 12.9. The summed E-state index contributed by atoms with van der Waals surface area (Å²) in [5.41, 5.74) is 2.47. The molecule has 0 saturated heterocycles. The Balaban J connectivity index is 2.49. The lowest BCUT2D eigenvalue weighted by Crippen LogP contribution is -2.40. The lowest BCUT2D eigenvalue weighted by molar-refractivity contribution is 0.300. The third kappa shape index (κ3) is 3.36. The summed E-state index contributed by atoms with van der Waals surface area (Å²) in [7, 11) is -2.22. The molecule has 0 aromatic heterocycles. The molecule has 21 heavy (non-hydrogen) atoms. The predicted molar refractivity (Wildman–Crippen MR) is 92.2 cm³/mol. The van der Waals surface area contributed by atoms with E-state index in [0.29, 0.717) is 6.42 Å². The second-order valence-corrected chi connectivity index (χ2v) is 11.5. The van der Waals surface area contributed by atoms with Crippen LogP contribution in [0.25, 0.3) is 10.8 Å². The Morgan fingerprint density at radius 1 is 0.952 bits per heavy atom. The molecule has 0 aliphatic rings. The van der Waals surface area contributed by atoms with E-state index in [1.807, 2.05) is 13.1 Å². The molecule has 0 spiro atoms. The van der Waals surface area contributed by atoms with Gasteiger partial charge in [-0.3, -0.25) is 0 Å². The first-order chi connectivity index (χ1) is 9.76. The first-order valence-corrected chi connectivity index (χ1v) is 10.5. The van der Waals surface area contributed by atoms with E-state index in [4.69, 9.17) is 0 Å². The van der Waals surface area contributed by atoms with Crippen molar-refractivity contribution in [3.63, 3.8) is 0 Å². The fraction of sp³-hybridized carbons (Fsp3) is 0.444. The van der Waals surface area contributed by atoms with Crippen LogP contribution in [-0.2, 0) is 12.8 Å². The average molecular weight is 302 g/mol. The lowest BCUT2D eigenvalue weighted by atomic mass is 9.93. The van der Waals surface area contributed by atoms with E-state index in [2.05, 4.69) is 50.2 Å². The molecule has 2 N–H and O–H groups in total. The molecule has 0 unspecified atom stereocenters. The molecule has 0 atom stereocenters.